The zero-order valence-electron chi connectivity index (χ0n) is 12.3. The molecule has 1 N–H and O–H groups in total. The van der Waals surface area contributed by atoms with E-state index >= 15 is 0 Å². The van der Waals surface area contributed by atoms with Crippen LogP contribution in [0.15, 0.2) is 41.7 Å². The fourth-order valence-corrected chi connectivity index (χ4v) is 2.42. The minimum absolute atomic E-state index is 0.0467. The van der Waals surface area contributed by atoms with E-state index in [1.807, 2.05) is 31.2 Å². The Kier molecular flexibility index (Phi) is 4.98. The molecule has 0 spiro atoms. The summed E-state index contributed by atoms with van der Waals surface area (Å²) < 4.78 is 3.45. The molecule has 0 bridgehead atoms. The maximum atomic E-state index is 12.5. The number of hydrogen-bond donors (Lipinski definition) is 1. The highest BCUT2D eigenvalue weighted by molar-refractivity contribution is 5.78. The van der Waals surface area contributed by atoms with Gasteiger partial charge in [-0.05, 0) is 18.6 Å². The summed E-state index contributed by atoms with van der Waals surface area (Å²) in [5.74, 6) is -0.0749. The van der Waals surface area contributed by atoms with E-state index in [9.17, 15) is 9.59 Å². The summed E-state index contributed by atoms with van der Waals surface area (Å²) in [6.07, 6.45) is 2.82. The molecule has 0 atom stereocenters. The monoisotopic (exact) mass is 287 g/mol. The highest BCUT2D eigenvalue weighted by atomic mass is 16.2. The summed E-state index contributed by atoms with van der Waals surface area (Å²) in [5.41, 5.74) is 1.76. The molecule has 2 rings (SSSR count). The van der Waals surface area contributed by atoms with Gasteiger partial charge in [0.1, 0.15) is 0 Å². The first-order valence-electron chi connectivity index (χ1n) is 7.24. The molecule has 21 heavy (non-hydrogen) atoms. The first-order chi connectivity index (χ1) is 10.2. The first kappa shape index (κ1) is 15.1. The highest BCUT2D eigenvalue weighted by Gasteiger charge is 2.12. The molecule has 0 aliphatic rings. The van der Waals surface area contributed by atoms with Crippen LogP contribution in [-0.4, -0.2) is 21.6 Å². The maximum absolute atomic E-state index is 12.5. The third-order valence-electron chi connectivity index (χ3n) is 3.38. The lowest BCUT2D eigenvalue weighted by atomic mass is 10.3. The van der Waals surface area contributed by atoms with Crippen LogP contribution in [0.4, 0.5) is 0 Å². The quantitative estimate of drug-likeness (QED) is 0.791. The lowest BCUT2D eigenvalue weighted by Gasteiger charge is -2.04. The van der Waals surface area contributed by atoms with Crippen LogP contribution in [0.5, 0.6) is 0 Å². The number of benzene rings is 1. The van der Waals surface area contributed by atoms with Crippen molar-refractivity contribution in [1.29, 1.82) is 0 Å². The number of carbonyl (C=O) groups is 1. The number of para-hydroxylation sites is 2. The van der Waals surface area contributed by atoms with Gasteiger partial charge in [-0.3, -0.25) is 13.9 Å². The van der Waals surface area contributed by atoms with Crippen molar-refractivity contribution in [2.24, 2.45) is 0 Å². The van der Waals surface area contributed by atoms with Crippen LogP contribution in [0.2, 0.25) is 0 Å². The number of rotatable bonds is 7. The minimum atomic E-state index is -0.0749. The Labute approximate surface area is 123 Å². The van der Waals surface area contributed by atoms with Crippen molar-refractivity contribution in [2.45, 2.75) is 32.9 Å². The van der Waals surface area contributed by atoms with Gasteiger partial charge in [0.2, 0.25) is 5.91 Å². The molecule has 1 aromatic carbocycles. The van der Waals surface area contributed by atoms with Gasteiger partial charge in [-0.15, -0.1) is 6.58 Å². The molecule has 1 amide bonds. The number of imidazole rings is 1. The third kappa shape index (κ3) is 3.24. The third-order valence-corrected chi connectivity index (χ3v) is 3.38. The van der Waals surface area contributed by atoms with Crippen LogP contribution in [0, 0.1) is 0 Å². The van der Waals surface area contributed by atoms with Crippen LogP contribution in [0.3, 0.4) is 0 Å². The highest BCUT2D eigenvalue weighted by Crippen LogP contribution is 2.13. The summed E-state index contributed by atoms with van der Waals surface area (Å²) >= 11 is 0. The SMILES string of the molecule is C=CCNC(=O)CCn1c(=O)n(CCC)c2ccccc21. The average Bonchev–Trinajstić information content (AvgIpc) is 2.76. The van der Waals surface area contributed by atoms with Crippen LogP contribution >= 0.6 is 0 Å². The number of hydrogen-bond acceptors (Lipinski definition) is 2. The van der Waals surface area contributed by atoms with Crippen molar-refractivity contribution >= 4 is 16.9 Å². The Balaban J connectivity index is 2.27. The Morgan fingerprint density at radius 3 is 2.43 bits per heavy atom. The van der Waals surface area contributed by atoms with Crippen LogP contribution in [0.25, 0.3) is 11.0 Å². The van der Waals surface area contributed by atoms with Crippen molar-refractivity contribution < 1.29 is 4.79 Å². The van der Waals surface area contributed by atoms with Crippen LogP contribution in [-0.2, 0) is 17.9 Å². The molecule has 0 saturated carbocycles. The normalized spacial score (nSPS) is 10.7. The number of nitrogens with zero attached hydrogens (tertiary/aromatic N) is 2. The second-order valence-corrected chi connectivity index (χ2v) is 4.92. The van der Waals surface area contributed by atoms with Gasteiger partial charge in [-0.1, -0.05) is 25.1 Å². The minimum Gasteiger partial charge on any atom is -0.353 e. The van der Waals surface area contributed by atoms with Crippen molar-refractivity contribution in [2.75, 3.05) is 6.54 Å². The molecule has 1 heterocycles. The van der Waals surface area contributed by atoms with E-state index in [4.69, 9.17) is 0 Å². The zero-order valence-corrected chi connectivity index (χ0v) is 12.3. The second-order valence-electron chi connectivity index (χ2n) is 4.92. The molecule has 0 saturated heterocycles. The average molecular weight is 287 g/mol. The largest absolute Gasteiger partial charge is 0.353 e. The molecule has 0 aliphatic carbocycles. The zero-order chi connectivity index (χ0) is 15.2. The fraction of sp³-hybridized carbons (Fsp3) is 0.375. The topological polar surface area (TPSA) is 56.0 Å². The fourth-order valence-electron chi connectivity index (χ4n) is 2.42. The van der Waals surface area contributed by atoms with Gasteiger partial charge >= 0.3 is 5.69 Å². The van der Waals surface area contributed by atoms with Crippen LogP contribution in [0.1, 0.15) is 19.8 Å². The predicted molar refractivity (Wildman–Crippen MR) is 84.3 cm³/mol. The lowest BCUT2D eigenvalue weighted by molar-refractivity contribution is -0.121. The van der Waals surface area contributed by atoms with E-state index < -0.39 is 0 Å². The molecule has 112 valence electrons. The summed E-state index contributed by atoms with van der Waals surface area (Å²) in [6.45, 7) is 7.13. The van der Waals surface area contributed by atoms with Gasteiger partial charge < -0.3 is 5.32 Å². The molecule has 0 aliphatic heterocycles. The van der Waals surface area contributed by atoms with E-state index in [2.05, 4.69) is 11.9 Å². The summed E-state index contributed by atoms with van der Waals surface area (Å²) in [7, 11) is 0. The molecule has 0 fully saturated rings. The molecule has 5 heteroatoms. The van der Waals surface area contributed by atoms with Gasteiger partial charge in [-0.2, -0.15) is 0 Å². The van der Waals surface area contributed by atoms with Crippen LogP contribution < -0.4 is 11.0 Å². The van der Waals surface area contributed by atoms with E-state index in [1.165, 1.54) is 0 Å². The summed E-state index contributed by atoms with van der Waals surface area (Å²) in [6, 6.07) is 7.70. The second kappa shape index (κ2) is 6.92. The molecular weight excluding hydrogens is 266 g/mol. The first-order valence-corrected chi connectivity index (χ1v) is 7.24. The summed E-state index contributed by atoms with van der Waals surface area (Å²) in [5, 5.41) is 2.72. The number of fused-ring (bicyclic) bond motifs is 1. The molecule has 1 aromatic heterocycles. The van der Waals surface area contributed by atoms with Crippen molar-refractivity contribution in [3.8, 4) is 0 Å². The van der Waals surface area contributed by atoms with E-state index in [-0.39, 0.29) is 18.0 Å². The molecule has 5 nitrogen and oxygen atoms in total. The molecule has 0 unspecified atom stereocenters. The van der Waals surface area contributed by atoms with Gasteiger partial charge in [0, 0.05) is 26.1 Å². The number of nitrogens with one attached hydrogen (secondary N) is 1. The Bertz CT molecular complexity index is 697. The van der Waals surface area contributed by atoms with Crippen molar-refractivity contribution in [3.05, 3.63) is 47.4 Å². The molecular formula is C16H21N3O2. The van der Waals surface area contributed by atoms with Crippen molar-refractivity contribution in [3.63, 3.8) is 0 Å². The number of carbonyl (C=O) groups excluding carboxylic acids is 1. The van der Waals surface area contributed by atoms with Gasteiger partial charge in [-0.25, -0.2) is 4.79 Å². The van der Waals surface area contributed by atoms with Gasteiger partial charge in [0.05, 0.1) is 11.0 Å². The maximum Gasteiger partial charge on any atom is 0.329 e. The van der Waals surface area contributed by atoms with E-state index in [0.717, 1.165) is 17.5 Å². The van der Waals surface area contributed by atoms with Gasteiger partial charge in [0.15, 0.2) is 0 Å². The Morgan fingerprint density at radius 2 is 1.86 bits per heavy atom. The van der Waals surface area contributed by atoms with E-state index in [0.29, 0.717) is 19.6 Å². The lowest BCUT2D eigenvalue weighted by Crippen LogP contribution is -2.28. The predicted octanol–water partition coefficient (Wildman–Crippen LogP) is 1.91. The number of amides is 1. The van der Waals surface area contributed by atoms with Crippen molar-refractivity contribution in [1.82, 2.24) is 14.5 Å². The van der Waals surface area contributed by atoms with E-state index in [1.54, 1.807) is 15.2 Å². The Morgan fingerprint density at radius 1 is 1.24 bits per heavy atom. The Hall–Kier alpha value is -2.30. The number of aryl methyl sites for hydroxylation is 2. The van der Waals surface area contributed by atoms with Gasteiger partial charge in [0.25, 0.3) is 0 Å². The molecule has 0 radical (unpaired) electrons. The smallest absolute Gasteiger partial charge is 0.329 e. The summed E-state index contributed by atoms with van der Waals surface area (Å²) in [4.78, 5) is 24.2. The number of aromatic nitrogens is 2. The molecule has 2 aromatic rings. The standard InChI is InChI=1S/C16H21N3O2/c1-3-10-17-15(20)9-12-19-14-8-6-5-7-13(14)18(11-4-2)16(19)21/h3,5-8H,1,4,9-12H2,2H3,(H,17,20).